The molecule has 0 atom stereocenters. The second-order valence-electron chi connectivity index (χ2n) is 8.09. The maximum Gasteiger partial charge on any atom is 0.222 e. The van der Waals surface area contributed by atoms with Gasteiger partial charge in [0.1, 0.15) is 0 Å². The number of aromatic nitrogens is 2. The Morgan fingerprint density at radius 1 is 1.11 bits per heavy atom. The first-order chi connectivity index (χ1) is 13.7. The molecular formula is C22H29ClN4O. The number of para-hydroxylation sites is 1. The zero-order chi connectivity index (χ0) is 19.3. The van der Waals surface area contributed by atoms with Crippen LogP contribution in [0.3, 0.4) is 0 Å². The normalized spacial score (nSPS) is 18.7. The van der Waals surface area contributed by atoms with Crippen molar-refractivity contribution in [2.45, 2.75) is 45.1 Å². The van der Waals surface area contributed by atoms with Crippen LogP contribution in [0.4, 0.5) is 0 Å². The first kappa shape index (κ1) is 19.5. The molecule has 2 fully saturated rings. The van der Waals surface area contributed by atoms with E-state index in [4.69, 9.17) is 11.6 Å². The Hall–Kier alpha value is -1.85. The molecule has 0 bridgehead atoms. The number of rotatable bonds is 6. The van der Waals surface area contributed by atoms with Crippen LogP contribution in [0.15, 0.2) is 36.7 Å². The summed E-state index contributed by atoms with van der Waals surface area (Å²) >= 11 is 6.27. The summed E-state index contributed by atoms with van der Waals surface area (Å²) in [6, 6.07) is 7.77. The van der Waals surface area contributed by atoms with Crippen LogP contribution in [0.1, 0.15) is 44.1 Å². The minimum atomic E-state index is 0.368. The molecule has 0 saturated carbocycles. The summed E-state index contributed by atoms with van der Waals surface area (Å²) in [6.45, 7) is 5.06. The topological polar surface area (TPSA) is 41.4 Å². The number of carbonyl (C=O) groups is 1. The summed E-state index contributed by atoms with van der Waals surface area (Å²) in [5, 5.41) is 5.19. The van der Waals surface area contributed by atoms with Gasteiger partial charge in [0.15, 0.2) is 0 Å². The molecular weight excluding hydrogens is 372 g/mol. The Morgan fingerprint density at radius 2 is 1.86 bits per heavy atom. The lowest BCUT2D eigenvalue weighted by atomic mass is 9.92. The Kier molecular flexibility index (Phi) is 6.33. The van der Waals surface area contributed by atoms with Gasteiger partial charge in [-0.05, 0) is 63.2 Å². The van der Waals surface area contributed by atoms with Gasteiger partial charge in [-0.1, -0.05) is 23.7 Å². The molecule has 0 spiro atoms. The fraction of sp³-hybridized carbons (Fsp3) is 0.545. The maximum absolute atomic E-state index is 12.2. The van der Waals surface area contributed by atoms with E-state index in [0.29, 0.717) is 16.8 Å². The second kappa shape index (κ2) is 9.10. The summed E-state index contributed by atoms with van der Waals surface area (Å²) in [4.78, 5) is 16.8. The number of halogens is 1. The second-order valence-corrected chi connectivity index (χ2v) is 8.50. The van der Waals surface area contributed by atoms with Crippen LogP contribution in [-0.2, 0) is 11.3 Å². The number of carbonyl (C=O) groups excluding carboxylic acids is 1. The molecule has 4 rings (SSSR count). The first-order valence-corrected chi connectivity index (χ1v) is 10.9. The molecule has 28 heavy (non-hydrogen) atoms. The van der Waals surface area contributed by atoms with E-state index in [1.807, 2.05) is 40.0 Å². The Morgan fingerprint density at radius 3 is 2.61 bits per heavy atom. The molecule has 2 saturated heterocycles. The van der Waals surface area contributed by atoms with E-state index in [-0.39, 0.29) is 0 Å². The highest BCUT2D eigenvalue weighted by Crippen LogP contribution is 2.25. The van der Waals surface area contributed by atoms with Crippen molar-refractivity contribution in [2.75, 3.05) is 26.2 Å². The van der Waals surface area contributed by atoms with Crippen LogP contribution in [0.25, 0.3) is 5.69 Å². The highest BCUT2D eigenvalue weighted by molar-refractivity contribution is 6.32. The third-order valence-corrected chi connectivity index (χ3v) is 6.39. The molecule has 2 aromatic rings. The largest absolute Gasteiger partial charge is 0.343 e. The number of amides is 1. The fourth-order valence-corrected chi connectivity index (χ4v) is 4.58. The molecule has 0 N–H and O–H groups in total. The molecule has 6 heteroatoms. The van der Waals surface area contributed by atoms with Crippen LogP contribution in [-0.4, -0.2) is 51.7 Å². The van der Waals surface area contributed by atoms with Gasteiger partial charge in [0.05, 0.1) is 16.9 Å². The number of hydrogen-bond acceptors (Lipinski definition) is 3. The van der Waals surface area contributed by atoms with Gasteiger partial charge in [-0.2, -0.15) is 5.10 Å². The lowest BCUT2D eigenvalue weighted by Crippen LogP contribution is -2.34. The SMILES string of the molecule is O=C(CCC1CCN(Cc2cnn(-c3ccccc3Cl)c2)CC1)N1CCCC1. The molecule has 150 valence electrons. The van der Waals surface area contributed by atoms with Crippen molar-refractivity contribution >= 4 is 17.5 Å². The van der Waals surface area contributed by atoms with Crippen molar-refractivity contribution in [3.05, 3.63) is 47.2 Å². The standard InChI is InChI=1S/C22H29ClN4O/c23-20-5-1-2-6-21(20)27-17-19(15-24-27)16-25-13-9-18(10-14-25)7-8-22(28)26-11-3-4-12-26/h1-2,5-6,15,17-18H,3-4,7-14,16H2. The minimum absolute atomic E-state index is 0.368. The third kappa shape index (κ3) is 4.76. The smallest absolute Gasteiger partial charge is 0.222 e. The molecule has 1 aromatic heterocycles. The van der Waals surface area contributed by atoms with Crippen molar-refractivity contribution < 1.29 is 4.79 Å². The van der Waals surface area contributed by atoms with Gasteiger partial charge in [-0.3, -0.25) is 9.69 Å². The quantitative estimate of drug-likeness (QED) is 0.731. The van der Waals surface area contributed by atoms with Crippen LogP contribution in [0.2, 0.25) is 5.02 Å². The first-order valence-electron chi connectivity index (χ1n) is 10.5. The van der Waals surface area contributed by atoms with E-state index in [9.17, 15) is 4.79 Å². The molecule has 0 radical (unpaired) electrons. The highest BCUT2D eigenvalue weighted by Gasteiger charge is 2.23. The zero-order valence-electron chi connectivity index (χ0n) is 16.4. The Balaban J connectivity index is 1.22. The van der Waals surface area contributed by atoms with Crippen molar-refractivity contribution in [1.82, 2.24) is 19.6 Å². The lowest BCUT2D eigenvalue weighted by molar-refractivity contribution is -0.130. The van der Waals surface area contributed by atoms with E-state index in [1.54, 1.807) is 0 Å². The van der Waals surface area contributed by atoms with E-state index >= 15 is 0 Å². The van der Waals surface area contributed by atoms with Crippen LogP contribution in [0.5, 0.6) is 0 Å². The maximum atomic E-state index is 12.2. The lowest BCUT2D eigenvalue weighted by Gasteiger charge is -2.31. The van der Waals surface area contributed by atoms with Crippen LogP contribution < -0.4 is 0 Å². The van der Waals surface area contributed by atoms with Crippen molar-refractivity contribution in [2.24, 2.45) is 5.92 Å². The average molecular weight is 401 g/mol. The molecule has 2 aliphatic rings. The molecule has 2 aliphatic heterocycles. The Bertz CT molecular complexity index is 791. The number of piperidine rings is 1. The fourth-order valence-electron chi connectivity index (χ4n) is 4.35. The van der Waals surface area contributed by atoms with Gasteiger partial charge in [-0.25, -0.2) is 4.68 Å². The van der Waals surface area contributed by atoms with Gasteiger partial charge >= 0.3 is 0 Å². The summed E-state index contributed by atoms with van der Waals surface area (Å²) in [5.74, 6) is 1.06. The van der Waals surface area contributed by atoms with Crippen molar-refractivity contribution in [3.8, 4) is 5.69 Å². The van der Waals surface area contributed by atoms with Gasteiger partial charge in [0.25, 0.3) is 0 Å². The van der Waals surface area contributed by atoms with Crippen LogP contribution in [0, 0.1) is 5.92 Å². The summed E-state index contributed by atoms with van der Waals surface area (Å²) in [7, 11) is 0. The zero-order valence-corrected chi connectivity index (χ0v) is 17.2. The summed E-state index contributed by atoms with van der Waals surface area (Å²) < 4.78 is 1.86. The summed E-state index contributed by atoms with van der Waals surface area (Å²) in [5.41, 5.74) is 2.12. The third-order valence-electron chi connectivity index (χ3n) is 6.07. The number of nitrogens with zero attached hydrogens (tertiary/aromatic N) is 4. The number of hydrogen-bond donors (Lipinski definition) is 0. The van der Waals surface area contributed by atoms with Crippen LogP contribution >= 0.6 is 11.6 Å². The number of likely N-dealkylation sites (tertiary alicyclic amines) is 2. The van der Waals surface area contributed by atoms with Gasteiger partial charge < -0.3 is 4.90 Å². The monoisotopic (exact) mass is 400 g/mol. The highest BCUT2D eigenvalue weighted by atomic mass is 35.5. The molecule has 3 heterocycles. The molecule has 0 aliphatic carbocycles. The predicted molar refractivity (Wildman–Crippen MR) is 112 cm³/mol. The van der Waals surface area contributed by atoms with Crippen molar-refractivity contribution in [3.63, 3.8) is 0 Å². The molecule has 1 aromatic carbocycles. The van der Waals surface area contributed by atoms with Gasteiger partial charge in [-0.15, -0.1) is 0 Å². The molecule has 1 amide bonds. The number of benzene rings is 1. The van der Waals surface area contributed by atoms with E-state index < -0.39 is 0 Å². The average Bonchev–Trinajstić information content (AvgIpc) is 3.40. The Labute approximate surface area is 172 Å². The van der Waals surface area contributed by atoms with E-state index in [0.717, 1.165) is 51.3 Å². The molecule has 0 unspecified atom stereocenters. The summed E-state index contributed by atoms with van der Waals surface area (Å²) in [6.07, 6.45) is 10.5. The van der Waals surface area contributed by atoms with E-state index in [2.05, 4.69) is 16.2 Å². The predicted octanol–water partition coefficient (Wildman–Crippen LogP) is 4.14. The van der Waals surface area contributed by atoms with Crippen molar-refractivity contribution in [1.29, 1.82) is 0 Å². The van der Waals surface area contributed by atoms with Gasteiger partial charge in [0, 0.05) is 37.8 Å². The van der Waals surface area contributed by atoms with Gasteiger partial charge in [0.2, 0.25) is 5.91 Å². The molecule has 5 nitrogen and oxygen atoms in total. The minimum Gasteiger partial charge on any atom is -0.343 e. The van der Waals surface area contributed by atoms with E-state index in [1.165, 1.54) is 31.2 Å².